The summed E-state index contributed by atoms with van der Waals surface area (Å²) in [4.78, 5) is 59.5. The third kappa shape index (κ3) is 7.94. The minimum atomic E-state index is -2.15. The van der Waals surface area contributed by atoms with E-state index in [9.17, 15) is 69.9 Å². The van der Waals surface area contributed by atoms with Gasteiger partial charge in [0.15, 0.2) is 29.8 Å². The van der Waals surface area contributed by atoms with Crippen LogP contribution in [0.3, 0.4) is 0 Å². The Hall–Kier alpha value is -4.91. The number of benzene rings is 1. The Bertz CT molecular complexity index is 1780. The normalized spacial score (nSPS) is 36.2. The highest BCUT2D eigenvalue weighted by atomic mass is 16.8. The predicted molar refractivity (Wildman–Crippen MR) is 168 cm³/mol. The van der Waals surface area contributed by atoms with Crippen LogP contribution < -0.4 is 20.1 Å². The van der Waals surface area contributed by atoms with E-state index in [1.165, 1.54) is 24.3 Å². The first-order valence-electron chi connectivity index (χ1n) is 16.9. The van der Waals surface area contributed by atoms with Crippen LogP contribution in [-0.4, -0.2) is 164 Å². The summed E-state index contributed by atoms with van der Waals surface area (Å²) in [5, 5.41) is 97.3. The van der Waals surface area contributed by atoms with Gasteiger partial charge in [0.1, 0.15) is 79.2 Å². The number of cyclic esters (lactones) is 1. The maximum atomic E-state index is 12.3. The van der Waals surface area contributed by atoms with Crippen molar-refractivity contribution in [2.24, 2.45) is 5.92 Å². The van der Waals surface area contributed by atoms with Gasteiger partial charge in [-0.3, -0.25) is 14.5 Å². The van der Waals surface area contributed by atoms with Crippen LogP contribution in [0.25, 0.3) is 0 Å². The first-order chi connectivity index (χ1) is 26.0. The lowest BCUT2D eigenvalue weighted by Crippen LogP contribution is -3.11. The van der Waals surface area contributed by atoms with E-state index in [4.69, 9.17) is 23.7 Å². The fourth-order valence-electron chi connectivity index (χ4n) is 6.73. The standard InChI is InChI=1S/C33H38N2O20/c36-10-33(49)11-52-32(25(33)40)55-24-23(39)22(38)21(9-51-30(48)14-8-50-29(14)47)54-31(24)53-20-6-13-5-18(28(45)46)35(17(13)7-19(20)37)2-1-12-3-15(26(41)42)34-16(4-12)27(43)44/h1,3,6-7,14,16,18,21-25,31-32,34,36-40,49H,2,4-5,8-11H2,(H,41,42)(H,43,44)(H,45,46)/t14-,16+,18+,21-,22-,23+,24-,25+,31-,32+,33-/m1/s1. The first-order valence-corrected chi connectivity index (χ1v) is 16.9. The highest BCUT2D eigenvalue weighted by Gasteiger charge is 2.54. The number of carbonyl (C=O) groups excluding carboxylic acids is 3. The smallest absolute Gasteiger partial charge is 0.351 e. The Balaban J connectivity index is 1.25. The van der Waals surface area contributed by atoms with E-state index >= 15 is 0 Å². The van der Waals surface area contributed by atoms with Gasteiger partial charge in [0.2, 0.25) is 6.29 Å². The number of allylic oxidation sites excluding steroid dienone is 1. The van der Waals surface area contributed by atoms with Crippen LogP contribution in [0.1, 0.15) is 12.0 Å². The van der Waals surface area contributed by atoms with Gasteiger partial charge in [-0.25, -0.2) is 9.59 Å². The van der Waals surface area contributed by atoms with Crippen molar-refractivity contribution in [1.82, 2.24) is 5.32 Å². The minimum absolute atomic E-state index is 0.106. The van der Waals surface area contributed by atoms with Crippen molar-refractivity contribution in [2.75, 3.05) is 33.0 Å². The molecule has 0 radical (unpaired) electrons. The second kappa shape index (κ2) is 15.7. The third-order valence-corrected chi connectivity index (χ3v) is 9.98. The predicted octanol–water partition coefficient (Wildman–Crippen LogP) is -6.71. The van der Waals surface area contributed by atoms with Crippen LogP contribution in [0.5, 0.6) is 11.5 Å². The SMILES string of the molecule is O=C(O)C1=CC(=CC[NH+]2c3cc(O)c(O[C@@H]4O[C@H](COC(=O)[C@@H]5COC5=O)[C@@H](O)[C@H](O)[C@H]4O[C@@H]4OC[C@](O)(CO)[C@H]4O)cc3C[C@H]2C(=O)[O-])C[C@@H](C(=O)O)N1. The van der Waals surface area contributed by atoms with E-state index in [2.05, 4.69) is 10.1 Å². The molecule has 0 aliphatic carbocycles. The summed E-state index contributed by atoms with van der Waals surface area (Å²) >= 11 is 0. The van der Waals surface area contributed by atoms with Gasteiger partial charge in [-0.2, -0.15) is 0 Å². The van der Waals surface area contributed by atoms with Gasteiger partial charge >= 0.3 is 23.9 Å². The van der Waals surface area contributed by atoms with E-state index in [1.54, 1.807) is 0 Å². The van der Waals surface area contributed by atoms with Crippen molar-refractivity contribution in [3.05, 3.63) is 41.1 Å². The highest BCUT2D eigenvalue weighted by molar-refractivity contribution is 5.98. The summed E-state index contributed by atoms with van der Waals surface area (Å²) in [6, 6.07) is -0.0574. The number of phenols is 1. The molecular formula is C33H38N2O20. The van der Waals surface area contributed by atoms with E-state index in [0.717, 1.165) is 0 Å². The molecule has 22 heteroatoms. The molecule has 1 aromatic carbocycles. The maximum absolute atomic E-state index is 12.3. The third-order valence-electron chi connectivity index (χ3n) is 9.98. The molecule has 3 fully saturated rings. The molecule has 55 heavy (non-hydrogen) atoms. The molecular weight excluding hydrogens is 744 g/mol. The molecule has 3 saturated heterocycles. The topological polar surface area (TPSA) is 342 Å². The quantitative estimate of drug-likeness (QED) is 0.0656. The number of hydrogen-bond donors (Lipinski definition) is 10. The Morgan fingerprint density at radius 2 is 1.84 bits per heavy atom. The number of carbonyl (C=O) groups is 5. The lowest BCUT2D eigenvalue weighted by molar-refractivity contribution is -0.840. The molecule has 5 heterocycles. The fourth-order valence-corrected chi connectivity index (χ4v) is 6.73. The summed E-state index contributed by atoms with van der Waals surface area (Å²) in [5.74, 6) is -8.15. The van der Waals surface area contributed by atoms with Crippen LogP contribution in [-0.2, 0) is 54.1 Å². The van der Waals surface area contributed by atoms with Gasteiger partial charge in [-0.1, -0.05) is 0 Å². The zero-order valence-corrected chi connectivity index (χ0v) is 28.5. The van der Waals surface area contributed by atoms with Gasteiger partial charge in [0.25, 0.3) is 0 Å². The number of aliphatic carboxylic acids is 3. The number of aliphatic hydroxyl groups excluding tert-OH is 4. The number of hydrogen-bond acceptors (Lipinski definition) is 19. The van der Waals surface area contributed by atoms with Crippen LogP contribution in [0.2, 0.25) is 0 Å². The molecule has 0 aromatic heterocycles. The van der Waals surface area contributed by atoms with Crippen molar-refractivity contribution >= 4 is 35.5 Å². The largest absolute Gasteiger partial charge is 0.544 e. The molecule has 0 bridgehead atoms. The highest BCUT2D eigenvalue weighted by Crippen LogP contribution is 2.38. The average molecular weight is 783 g/mol. The van der Waals surface area contributed by atoms with Crippen molar-refractivity contribution in [3.8, 4) is 11.5 Å². The van der Waals surface area contributed by atoms with Crippen molar-refractivity contribution in [3.63, 3.8) is 0 Å². The summed E-state index contributed by atoms with van der Waals surface area (Å²) in [5.41, 5.74) is -1.64. The van der Waals surface area contributed by atoms with Gasteiger partial charge in [-0.05, 0) is 23.8 Å². The van der Waals surface area contributed by atoms with Crippen LogP contribution >= 0.6 is 0 Å². The van der Waals surface area contributed by atoms with Gasteiger partial charge in [0, 0.05) is 24.5 Å². The van der Waals surface area contributed by atoms with E-state index in [0.29, 0.717) is 11.1 Å². The lowest BCUT2D eigenvalue weighted by Gasteiger charge is -2.43. The van der Waals surface area contributed by atoms with Gasteiger partial charge in [-0.15, -0.1) is 0 Å². The number of esters is 2. The zero-order valence-electron chi connectivity index (χ0n) is 28.5. The average Bonchev–Trinajstić information content (AvgIpc) is 3.64. The number of carboxylic acids is 3. The zero-order chi connectivity index (χ0) is 39.9. The monoisotopic (exact) mass is 782 g/mol. The fraction of sp³-hybridized carbons (Fsp3) is 0.545. The number of fused-ring (bicyclic) bond motifs is 1. The Morgan fingerprint density at radius 1 is 1.09 bits per heavy atom. The number of aliphatic hydroxyl groups is 5. The summed E-state index contributed by atoms with van der Waals surface area (Å²) in [6.07, 6.45) is -10.1. The number of rotatable bonds is 13. The summed E-state index contributed by atoms with van der Waals surface area (Å²) in [7, 11) is 0. The molecule has 6 rings (SSSR count). The van der Waals surface area contributed by atoms with E-state index < -0.39 is 122 Å². The summed E-state index contributed by atoms with van der Waals surface area (Å²) in [6.45, 7) is -2.58. The molecule has 1 unspecified atom stereocenters. The number of ether oxygens (including phenoxy) is 6. The van der Waals surface area contributed by atoms with Gasteiger partial charge in [0.05, 0.1) is 13.2 Å². The number of aromatic hydroxyl groups is 1. The number of quaternary nitrogens is 1. The van der Waals surface area contributed by atoms with Crippen molar-refractivity contribution in [1.29, 1.82) is 0 Å². The molecule has 0 saturated carbocycles. The Kier molecular flexibility index (Phi) is 11.3. The number of carboxylic acid groups (broad SMARTS) is 3. The molecule has 12 atom stereocenters. The van der Waals surface area contributed by atoms with E-state index in [1.807, 2.05) is 0 Å². The number of phenolic OH excluding ortho intramolecular Hbond substituents is 1. The van der Waals surface area contributed by atoms with Crippen LogP contribution in [0, 0.1) is 5.92 Å². The second-order valence-electron chi connectivity index (χ2n) is 13.6. The lowest BCUT2D eigenvalue weighted by atomic mass is 9.98. The molecule has 0 amide bonds. The molecule has 5 aliphatic heterocycles. The molecule has 22 nitrogen and oxygen atoms in total. The van der Waals surface area contributed by atoms with E-state index in [-0.39, 0.29) is 48.0 Å². The minimum Gasteiger partial charge on any atom is -0.544 e. The number of nitrogens with one attached hydrogen (secondary N) is 2. The summed E-state index contributed by atoms with van der Waals surface area (Å²) < 4.78 is 32.3. The second-order valence-corrected chi connectivity index (χ2v) is 13.6. The molecule has 0 spiro atoms. The van der Waals surface area contributed by atoms with Crippen LogP contribution in [0.15, 0.2) is 35.6 Å². The maximum Gasteiger partial charge on any atom is 0.351 e. The van der Waals surface area contributed by atoms with Crippen molar-refractivity contribution in [2.45, 2.75) is 73.6 Å². The van der Waals surface area contributed by atoms with Crippen LogP contribution in [0.4, 0.5) is 5.69 Å². The Morgan fingerprint density at radius 3 is 2.44 bits per heavy atom. The molecule has 1 aromatic rings. The molecule has 300 valence electrons. The molecule has 10 N–H and O–H groups in total. The Labute approximate surface area is 309 Å². The first kappa shape index (κ1) is 39.8. The van der Waals surface area contributed by atoms with Gasteiger partial charge < -0.3 is 84.5 Å². The molecule has 5 aliphatic rings. The van der Waals surface area contributed by atoms with Crippen molar-refractivity contribution < 1.29 is 103 Å².